The van der Waals surface area contributed by atoms with E-state index in [0.717, 1.165) is 11.8 Å². The molecular weight excluding hydrogens is 396 g/mol. The van der Waals surface area contributed by atoms with Crippen molar-refractivity contribution in [1.82, 2.24) is 0 Å². The summed E-state index contributed by atoms with van der Waals surface area (Å²) < 4.78 is 29.4. The summed E-state index contributed by atoms with van der Waals surface area (Å²) in [6, 6.07) is 9.22. The van der Waals surface area contributed by atoms with Crippen LogP contribution in [-0.2, 0) is 9.84 Å². The third-order valence-electron chi connectivity index (χ3n) is 3.61. The molecule has 0 spiro atoms. The van der Waals surface area contributed by atoms with Gasteiger partial charge in [0.1, 0.15) is 0 Å². The molecule has 1 N–H and O–H groups in total. The lowest BCUT2D eigenvalue weighted by atomic mass is 10.1. The predicted molar refractivity (Wildman–Crippen MR) is 95.1 cm³/mol. The lowest BCUT2D eigenvalue weighted by Gasteiger charge is -2.08. The normalized spacial score (nSPS) is 11.8. The van der Waals surface area contributed by atoms with Crippen molar-refractivity contribution in [1.29, 1.82) is 0 Å². The predicted octanol–water partition coefficient (Wildman–Crippen LogP) is 3.64. The van der Waals surface area contributed by atoms with E-state index in [1.54, 1.807) is 12.1 Å². The molecule has 24 heavy (non-hydrogen) atoms. The van der Waals surface area contributed by atoms with Gasteiger partial charge in [-0.2, -0.15) is 0 Å². The van der Waals surface area contributed by atoms with Crippen LogP contribution in [0.15, 0.2) is 55.0 Å². The molecule has 0 aliphatic rings. The number of aromatic hydroxyl groups is 1. The summed E-state index contributed by atoms with van der Waals surface area (Å²) in [5.41, 5.74) is 1.05. The maximum Gasteiger partial charge on any atom is 0.235 e. The smallest absolute Gasteiger partial charge is 0.235 e. The fourth-order valence-electron chi connectivity index (χ4n) is 2.43. The molecule has 0 aliphatic carbocycles. The summed E-state index contributed by atoms with van der Waals surface area (Å²) in [6.45, 7) is 1.83. The summed E-state index contributed by atoms with van der Waals surface area (Å²) in [6.07, 6.45) is 1.11. The summed E-state index contributed by atoms with van der Waals surface area (Å²) in [4.78, 5) is 12.6. The van der Waals surface area contributed by atoms with Gasteiger partial charge in [0.15, 0.2) is 21.2 Å². The number of benzene rings is 2. The Labute approximate surface area is 146 Å². The first kappa shape index (κ1) is 16.7. The summed E-state index contributed by atoms with van der Waals surface area (Å²) in [7, 11) is -3.33. The molecule has 0 saturated carbocycles. The number of rotatable bonds is 2. The van der Waals surface area contributed by atoms with Gasteiger partial charge in [-0.05, 0) is 64.8 Å². The minimum Gasteiger partial charge on any atom is -0.502 e. The largest absolute Gasteiger partial charge is 0.502 e. The highest BCUT2D eigenvalue weighted by Crippen LogP contribution is 2.33. The molecule has 0 amide bonds. The van der Waals surface area contributed by atoms with Crippen LogP contribution >= 0.6 is 15.9 Å². The number of hydrogen-bond donors (Lipinski definition) is 1. The third kappa shape index (κ3) is 2.85. The monoisotopic (exact) mass is 408 g/mol. The molecule has 3 aromatic rings. The Morgan fingerprint density at radius 2 is 1.75 bits per heavy atom. The van der Waals surface area contributed by atoms with Crippen LogP contribution in [0, 0.1) is 6.92 Å². The van der Waals surface area contributed by atoms with E-state index in [4.69, 9.17) is 4.42 Å². The average Bonchev–Trinajstić information content (AvgIpc) is 2.50. The lowest BCUT2D eigenvalue weighted by molar-refractivity contribution is 0.449. The maximum absolute atomic E-state index is 12.4. The molecule has 7 heteroatoms. The van der Waals surface area contributed by atoms with Gasteiger partial charge in [-0.25, -0.2) is 8.42 Å². The first-order valence-corrected chi connectivity index (χ1v) is 9.63. The summed E-state index contributed by atoms with van der Waals surface area (Å²) >= 11 is 3.36. The number of hydrogen-bond acceptors (Lipinski definition) is 5. The van der Waals surface area contributed by atoms with Crippen LogP contribution in [0.3, 0.4) is 0 Å². The molecule has 1 aromatic heterocycles. The van der Waals surface area contributed by atoms with Gasteiger partial charge >= 0.3 is 0 Å². The topological polar surface area (TPSA) is 84.6 Å². The number of fused-ring (bicyclic) bond motifs is 1. The van der Waals surface area contributed by atoms with E-state index in [-0.39, 0.29) is 16.0 Å². The fourth-order valence-corrected chi connectivity index (χ4v) is 3.72. The molecule has 0 aliphatic heterocycles. The van der Waals surface area contributed by atoms with Crippen LogP contribution in [0.2, 0.25) is 0 Å². The Morgan fingerprint density at radius 1 is 1.12 bits per heavy atom. The zero-order valence-electron chi connectivity index (χ0n) is 12.8. The van der Waals surface area contributed by atoms with E-state index >= 15 is 0 Å². The van der Waals surface area contributed by atoms with Crippen LogP contribution in [0.4, 0.5) is 0 Å². The second-order valence-electron chi connectivity index (χ2n) is 5.53. The van der Waals surface area contributed by atoms with Crippen molar-refractivity contribution in [2.24, 2.45) is 0 Å². The molecule has 3 rings (SSSR count). The van der Waals surface area contributed by atoms with Crippen molar-refractivity contribution in [3.8, 4) is 17.1 Å². The summed E-state index contributed by atoms with van der Waals surface area (Å²) in [5, 5.41) is 10.5. The first-order valence-electron chi connectivity index (χ1n) is 6.95. The average molecular weight is 409 g/mol. The van der Waals surface area contributed by atoms with Crippen LogP contribution in [-0.4, -0.2) is 19.8 Å². The quantitative estimate of drug-likeness (QED) is 0.699. The van der Waals surface area contributed by atoms with Crippen molar-refractivity contribution in [2.75, 3.05) is 6.26 Å². The van der Waals surface area contributed by atoms with E-state index in [2.05, 4.69) is 15.9 Å². The van der Waals surface area contributed by atoms with Gasteiger partial charge in [0.2, 0.25) is 11.2 Å². The van der Waals surface area contributed by atoms with Crippen molar-refractivity contribution in [2.45, 2.75) is 11.8 Å². The number of halogens is 1. The van der Waals surface area contributed by atoms with Gasteiger partial charge in [0, 0.05) is 11.8 Å². The lowest BCUT2D eigenvalue weighted by Crippen LogP contribution is -2.03. The van der Waals surface area contributed by atoms with E-state index in [1.807, 2.05) is 6.92 Å². The highest BCUT2D eigenvalue weighted by Gasteiger charge is 2.18. The highest BCUT2D eigenvalue weighted by atomic mass is 79.9. The minimum absolute atomic E-state index is 0.00268. The Morgan fingerprint density at radius 3 is 2.33 bits per heavy atom. The van der Waals surface area contributed by atoms with Crippen LogP contribution in [0.25, 0.3) is 22.3 Å². The molecule has 0 radical (unpaired) electrons. The Kier molecular flexibility index (Phi) is 4.01. The highest BCUT2D eigenvalue weighted by molar-refractivity contribution is 9.10. The third-order valence-corrected chi connectivity index (χ3v) is 5.33. The molecular formula is C17H13BrO5S. The second-order valence-corrected chi connectivity index (χ2v) is 8.40. The van der Waals surface area contributed by atoms with E-state index in [1.165, 1.54) is 24.3 Å². The summed E-state index contributed by atoms with van der Waals surface area (Å²) in [5.74, 6) is -0.510. The van der Waals surface area contributed by atoms with Gasteiger partial charge in [-0.1, -0.05) is 0 Å². The molecule has 0 bridgehead atoms. The van der Waals surface area contributed by atoms with Crippen molar-refractivity contribution in [3.05, 3.63) is 56.7 Å². The van der Waals surface area contributed by atoms with Crippen LogP contribution in [0.1, 0.15) is 5.56 Å². The molecule has 0 atom stereocenters. The number of sulfone groups is 1. The molecule has 0 saturated heterocycles. The Balaban J connectivity index is 2.27. The van der Waals surface area contributed by atoms with Gasteiger partial charge in [-0.15, -0.1) is 0 Å². The molecule has 2 aromatic carbocycles. The zero-order chi connectivity index (χ0) is 17.6. The first-order chi connectivity index (χ1) is 11.2. The standard InChI is InChI=1S/C17H13BrO5S/c1-9-7-12-14(19)15(20)16(23-17(12)13(18)8-9)10-3-5-11(6-4-10)24(2,21)22/h3-8,20H,1-2H3. The second kappa shape index (κ2) is 5.75. The van der Waals surface area contributed by atoms with Crippen molar-refractivity contribution >= 4 is 36.7 Å². The minimum atomic E-state index is -3.33. The van der Waals surface area contributed by atoms with E-state index in [0.29, 0.717) is 15.6 Å². The Hall–Kier alpha value is -2.12. The van der Waals surface area contributed by atoms with Crippen molar-refractivity contribution in [3.63, 3.8) is 0 Å². The molecule has 124 valence electrons. The fraction of sp³-hybridized carbons (Fsp3) is 0.118. The molecule has 0 unspecified atom stereocenters. The van der Waals surface area contributed by atoms with Gasteiger partial charge in [0.05, 0.1) is 14.8 Å². The number of aryl methyl sites for hydroxylation is 1. The molecule has 0 fully saturated rings. The maximum atomic E-state index is 12.4. The zero-order valence-corrected chi connectivity index (χ0v) is 15.2. The van der Waals surface area contributed by atoms with Crippen LogP contribution < -0.4 is 5.43 Å². The van der Waals surface area contributed by atoms with Gasteiger partial charge in [0.25, 0.3) is 0 Å². The van der Waals surface area contributed by atoms with Crippen LogP contribution in [0.5, 0.6) is 5.75 Å². The SMILES string of the molecule is Cc1cc(Br)c2oc(-c3ccc(S(C)(=O)=O)cc3)c(O)c(=O)c2c1. The molecule has 5 nitrogen and oxygen atoms in total. The van der Waals surface area contributed by atoms with E-state index in [9.17, 15) is 18.3 Å². The molecule has 1 heterocycles. The van der Waals surface area contributed by atoms with Gasteiger partial charge in [-0.3, -0.25) is 4.79 Å². The Bertz CT molecular complexity index is 1110. The van der Waals surface area contributed by atoms with Crippen molar-refractivity contribution < 1.29 is 17.9 Å². The van der Waals surface area contributed by atoms with E-state index < -0.39 is 21.0 Å². The van der Waals surface area contributed by atoms with Gasteiger partial charge < -0.3 is 9.52 Å².